The minimum atomic E-state index is 0. The fourth-order valence-electron chi connectivity index (χ4n) is 3.39. The van der Waals surface area contributed by atoms with Crippen LogP contribution in [0, 0.1) is 0 Å². The lowest BCUT2D eigenvalue weighted by Gasteiger charge is -2.20. The number of hydrogen-bond acceptors (Lipinski definition) is 4. The monoisotopic (exact) mass is 315 g/mol. The molecule has 0 spiro atoms. The second kappa shape index (κ2) is 6.42. The van der Waals surface area contributed by atoms with Gasteiger partial charge >= 0.3 is 0 Å². The molecule has 0 unspecified atom stereocenters. The second-order valence-corrected chi connectivity index (χ2v) is 5.69. The average Bonchev–Trinajstić information content (AvgIpc) is 2.86. The van der Waals surface area contributed by atoms with Crippen molar-refractivity contribution >= 4 is 33.6 Å². The van der Waals surface area contributed by atoms with Crippen LogP contribution in [0.3, 0.4) is 0 Å². The molecule has 0 fully saturated rings. The fourth-order valence-corrected chi connectivity index (χ4v) is 3.39. The lowest BCUT2D eigenvalue weighted by Crippen LogP contribution is -2.09. The van der Waals surface area contributed by atoms with Crippen molar-refractivity contribution in [3.8, 4) is 0 Å². The van der Waals surface area contributed by atoms with E-state index < -0.39 is 0 Å². The highest BCUT2D eigenvalue weighted by atomic mass is 16.0. The van der Waals surface area contributed by atoms with Crippen LogP contribution in [0.1, 0.15) is 45.3 Å². The molecule has 3 rings (SSSR count). The maximum absolute atomic E-state index is 6.12. The van der Waals surface area contributed by atoms with Gasteiger partial charge in [0.05, 0.1) is 10.9 Å². The van der Waals surface area contributed by atoms with Crippen molar-refractivity contribution in [2.24, 2.45) is 0 Å². The van der Waals surface area contributed by atoms with Crippen molar-refractivity contribution in [2.45, 2.75) is 46.1 Å². The summed E-state index contributed by atoms with van der Waals surface area (Å²) in [5, 5.41) is 2.03. The Hall–Kier alpha value is -2.34. The number of nitrogens with zero attached hydrogens (tertiary/aromatic N) is 3. The average molecular weight is 315 g/mol. The SMILES string of the molecule is CCc1cc2c3c(N)nc(N)nc3ccc2n1C(CC)CC.O. The van der Waals surface area contributed by atoms with Gasteiger partial charge in [0.25, 0.3) is 0 Å². The van der Waals surface area contributed by atoms with Gasteiger partial charge < -0.3 is 21.5 Å². The summed E-state index contributed by atoms with van der Waals surface area (Å²) >= 11 is 0. The normalized spacial score (nSPS) is 11.3. The van der Waals surface area contributed by atoms with Crippen LogP contribution in [0.25, 0.3) is 21.8 Å². The van der Waals surface area contributed by atoms with Crippen LogP contribution in [0.15, 0.2) is 18.2 Å². The maximum Gasteiger partial charge on any atom is 0.222 e. The lowest BCUT2D eigenvalue weighted by molar-refractivity contribution is 0.473. The molecule has 0 amide bonds. The van der Waals surface area contributed by atoms with E-state index in [0.29, 0.717) is 11.9 Å². The quantitative estimate of drug-likeness (QED) is 0.770. The molecule has 0 aliphatic rings. The van der Waals surface area contributed by atoms with E-state index in [1.165, 1.54) is 11.2 Å². The molecule has 0 aliphatic heterocycles. The number of nitrogens with two attached hydrogens (primary N) is 2. The van der Waals surface area contributed by atoms with Crippen molar-refractivity contribution in [3.63, 3.8) is 0 Å². The van der Waals surface area contributed by atoms with Crippen LogP contribution in [0.2, 0.25) is 0 Å². The summed E-state index contributed by atoms with van der Waals surface area (Å²) in [5.74, 6) is 0.678. The summed E-state index contributed by atoms with van der Waals surface area (Å²) in [6, 6.07) is 6.85. The van der Waals surface area contributed by atoms with Crippen LogP contribution in [-0.2, 0) is 6.42 Å². The molecule has 0 bridgehead atoms. The molecular formula is C17H25N5O. The lowest BCUT2D eigenvalue weighted by atomic mass is 10.1. The van der Waals surface area contributed by atoms with Crippen molar-refractivity contribution in [2.75, 3.05) is 11.5 Å². The third-order valence-corrected chi connectivity index (χ3v) is 4.48. The second-order valence-electron chi connectivity index (χ2n) is 5.69. The zero-order chi connectivity index (χ0) is 15.9. The molecule has 0 aliphatic carbocycles. The molecule has 0 radical (unpaired) electrons. The first kappa shape index (κ1) is 17.0. The van der Waals surface area contributed by atoms with Crippen LogP contribution in [-0.4, -0.2) is 20.0 Å². The van der Waals surface area contributed by atoms with Gasteiger partial charge in [-0.3, -0.25) is 0 Å². The van der Waals surface area contributed by atoms with Crippen LogP contribution >= 0.6 is 0 Å². The Labute approximate surface area is 135 Å². The van der Waals surface area contributed by atoms with Gasteiger partial charge in [-0.05, 0) is 37.5 Å². The minimum Gasteiger partial charge on any atom is -0.412 e. The van der Waals surface area contributed by atoms with E-state index in [1.807, 2.05) is 6.07 Å². The van der Waals surface area contributed by atoms with Crippen molar-refractivity contribution in [1.29, 1.82) is 0 Å². The molecule has 6 nitrogen and oxygen atoms in total. The van der Waals surface area contributed by atoms with Gasteiger partial charge in [-0.15, -0.1) is 0 Å². The van der Waals surface area contributed by atoms with Crippen LogP contribution in [0.5, 0.6) is 0 Å². The number of aryl methyl sites for hydroxylation is 1. The van der Waals surface area contributed by atoms with Gasteiger partial charge in [0.15, 0.2) is 0 Å². The third kappa shape index (κ3) is 2.59. The standard InChI is InChI=1S/C17H23N5.H2O/c1-4-10(5-2)22-11(6-3)9-12-14(22)8-7-13-15(12)16(18)21-17(19)20-13;/h7-10H,4-6H2,1-3H3,(H4,18,19,20,21);1H2. The summed E-state index contributed by atoms with van der Waals surface area (Å²) in [5.41, 5.74) is 15.2. The number of anilines is 2. The summed E-state index contributed by atoms with van der Waals surface area (Å²) in [4.78, 5) is 8.45. The fraction of sp³-hybridized carbons (Fsp3) is 0.412. The molecule has 0 atom stereocenters. The Morgan fingerprint density at radius 1 is 1.09 bits per heavy atom. The molecule has 124 valence electrons. The van der Waals surface area contributed by atoms with E-state index in [2.05, 4.69) is 47.4 Å². The van der Waals surface area contributed by atoms with Gasteiger partial charge in [0, 0.05) is 22.6 Å². The Kier molecular flexibility index (Phi) is 4.75. The van der Waals surface area contributed by atoms with Crippen LogP contribution in [0.4, 0.5) is 11.8 Å². The van der Waals surface area contributed by atoms with E-state index in [-0.39, 0.29) is 11.4 Å². The van der Waals surface area contributed by atoms with E-state index >= 15 is 0 Å². The molecule has 2 heterocycles. The van der Waals surface area contributed by atoms with Gasteiger partial charge in [0.1, 0.15) is 5.82 Å². The smallest absolute Gasteiger partial charge is 0.222 e. The zero-order valence-electron chi connectivity index (χ0n) is 13.9. The van der Waals surface area contributed by atoms with E-state index in [9.17, 15) is 0 Å². The van der Waals surface area contributed by atoms with Gasteiger partial charge in [-0.25, -0.2) is 4.98 Å². The molecule has 23 heavy (non-hydrogen) atoms. The van der Waals surface area contributed by atoms with Gasteiger partial charge in [-0.2, -0.15) is 4.98 Å². The van der Waals surface area contributed by atoms with Crippen molar-refractivity contribution < 1.29 is 5.48 Å². The highest BCUT2D eigenvalue weighted by Gasteiger charge is 2.17. The largest absolute Gasteiger partial charge is 0.412 e. The Balaban J connectivity index is 0.00000192. The summed E-state index contributed by atoms with van der Waals surface area (Å²) in [6.45, 7) is 6.66. The number of nitrogen functional groups attached to an aromatic ring is 2. The van der Waals surface area contributed by atoms with Gasteiger partial charge in [-0.1, -0.05) is 20.8 Å². The maximum atomic E-state index is 6.12. The van der Waals surface area contributed by atoms with Crippen molar-refractivity contribution in [1.82, 2.24) is 14.5 Å². The summed E-state index contributed by atoms with van der Waals surface area (Å²) < 4.78 is 2.45. The number of rotatable bonds is 4. The summed E-state index contributed by atoms with van der Waals surface area (Å²) in [7, 11) is 0. The minimum absolute atomic E-state index is 0. The molecule has 3 aromatic rings. The first-order chi connectivity index (χ1) is 10.6. The van der Waals surface area contributed by atoms with E-state index in [4.69, 9.17) is 11.5 Å². The van der Waals surface area contributed by atoms with Crippen molar-refractivity contribution in [3.05, 3.63) is 23.9 Å². The Morgan fingerprint density at radius 2 is 1.78 bits per heavy atom. The highest BCUT2D eigenvalue weighted by Crippen LogP contribution is 2.34. The molecule has 2 aromatic heterocycles. The summed E-state index contributed by atoms with van der Waals surface area (Å²) in [6.07, 6.45) is 3.21. The Bertz CT molecular complexity index is 836. The predicted molar refractivity (Wildman–Crippen MR) is 96.5 cm³/mol. The molecule has 0 saturated heterocycles. The number of aromatic nitrogens is 3. The number of fused-ring (bicyclic) bond motifs is 3. The highest BCUT2D eigenvalue weighted by molar-refractivity contribution is 6.10. The van der Waals surface area contributed by atoms with Gasteiger partial charge in [0.2, 0.25) is 5.95 Å². The Morgan fingerprint density at radius 3 is 2.39 bits per heavy atom. The molecule has 6 heteroatoms. The first-order valence-corrected chi connectivity index (χ1v) is 7.96. The number of hydrogen-bond donors (Lipinski definition) is 2. The van der Waals surface area contributed by atoms with E-state index in [0.717, 1.165) is 35.6 Å². The molecular weight excluding hydrogens is 290 g/mol. The third-order valence-electron chi connectivity index (χ3n) is 4.48. The predicted octanol–water partition coefficient (Wildman–Crippen LogP) is 2.85. The zero-order valence-corrected chi connectivity index (χ0v) is 13.9. The van der Waals surface area contributed by atoms with E-state index in [1.54, 1.807) is 0 Å². The molecule has 1 aromatic carbocycles. The molecule has 6 N–H and O–H groups in total. The number of benzene rings is 1. The van der Waals surface area contributed by atoms with Crippen LogP contribution < -0.4 is 11.5 Å². The topological polar surface area (TPSA) is 114 Å². The molecule has 0 saturated carbocycles. The first-order valence-electron chi connectivity index (χ1n) is 7.96.